The molecule has 0 aromatic carbocycles. The van der Waals surface area contributed by atoms with E-state index in [4.69, 9.17) is 9.84 Å². The van der Waals surface area contributed by atoms with E-state index in [1.54, 1.807) is 19.9 Å². The fourth-order valence-corrected chi connectivity index (χ4v) is 1.86. The highest BCUT2D eigenvalue weighted by atomic mass is 16.5. The summed E-state index contributed by atoms with van der Waals surface area (Å²) >= 11 is 0. The van der Waals surface area contributed by atoms with E-state index in [0.717, 1.165) is 0 Å². The van der Waals surface area contributed by atoms with Gasteiger partial charge in [-0.3, -0.25) is 9.59 Å². The number of carbonyl (C=O) groups is 2. The maximum absolute atomic E-state index is 12.1. The first-order valence-corrected chi connectivity index (χ1v) is 5.79. The molecule has 1 saturated heterocycles. The molecule has 96 valence electrons. The van der Waals surface area contributed by atoms with Crippen molar-refractivity contribution >= 4 is 11.9 Å². The topological polar surface area (TPSA) is 66.8 Å². The zero-order valence-electron chi connectivity index (χ0n) is 10.3. The Hall–Kier alpha value is -1.36. The van der Waals surface area contributed by atoms with Crippen LogP contribution >= 0.6 is 0 Å². The SMILES string of the molecule is CC=C(C)C(=O)N(CC(=O)O)C1CCOCC1. The van der Waals surface area contributed by atoms with Crippen molar-refractivity contribution in [2.75, 3.05) is 19.8 Å². The van der Waals surface area contributed by atoms with Gasteiger partial charge in [0.15, 0.2) is 0 Å². The summed E-state index contributed by atoms with van der Waals surface area (Å²) in [7, 11) is 0. The summed E-state index contributed by atoms with van der Waals surface area (Å²) in [4.78, 5) is 24.3. The molecule has 0 spiro atoms. The number of carboxylic acids is 1. The molecular weight excluding hydrogens is 222 g/mol. The van der Waals surface area contributed by atoms with Crippen LogP contribution in [0.25, 0.3) is 0 Å². The Morgan fingerprint density at radius 3 is 2.47 bits per heavy atom. The van der Waals surface area contributed by atoms with Crippen molar-refractivity contribution in [1.29, 1.82) is 0 Å². The largest absolute Gasteiger partial charge is 0.480 e. The summed E-state index contributed by atoms with van der Waals surface area (Å²) in [5.74, 6) is -1.17. The minimum absolute atomic E-state index is 0.0257. The van der Waals surface area contributed by atoms with Gasteiger partial charge >= 0.3 is 5.97 Å². The van der Waals surface area contributed by atoms with Crippen molar-refractivity contribution in [3.63, 3.8) is 0 Å². The quantitative estimate of drug-likeness (QED) is 0.747. The van der Waals surface area contributed by atoms with Gasteiger partial charge in [-0.2, -0.15) is 0 Å². The average Bonchev–Trinajstić information content (AvgIpc) is 2.35. The molecule has 0 atom stereocenters. The van der Waals surface area contributed by atoms with E-state index in [-0.39, 0.29) is 18.5 Å². The van der Waals surface area contributed by atoms with Crippen LogP contribution in [0.1, 0.15) is 26.7 Å². The van der Waals surface area contributed by atoms with Crippen molar-refractivity contribution in [2.24, 2.45) is 0 Å². The van der Waals surface area contributed by atoms with Crippen LogP contribution in [0.15, 0.2) is 11.6 Å². The lowest BCUT2D eigenvalue weighted by Gasteiger charge is -2.33. The van der Waals surface area contributed by atoms with Crippen LogP contribution in [-0.4, -0.2) is 47.7 Å². The molecule has 0 radical (unpaired) electrons. The van der Waals surface area contributed by atoms with E-state index in [2.05, 4.69) is 0 Å². The molecule has 0 unspecified atom stereocenters. The predicted octanol–water partition coefficient (Wildman–Crippen LogP) is 1.04. The minimum atomic E-state index is -0.978. The molecule has 17 heavy (non-hydrogen) atoms. The molecule has 1 amide bonds. The summed E-state index contributed by atoms with van der Waals surface area (Å²) in [5, 5.41) is 8.87. The zero-order valence-corrected chi connectivity index (χ0v) is 10.3. The van der Waals surface area contributed by atoms with Gasteiger partial charge in [0.25, 0.3) is 0 Å². The number of amides is 1. The average molecular weight is 241 g/mol. The second-order valence-electron chi connectivity index (χ2n) is 4.14. The lowest BCUT2D eigenvalue weighted by atomic mass is 10.1. The summed E-state index contributed by atoms with van der Waals surface area (Å²) in [5.41, 5.74) is 0.581. The van der Waals surface area contributed by atoms with Gasteiger partial charge in [0.1, 0.15) is 6.54 Å². The Morgan fingerprint density at radius 2 is 2.00 bits per heavy atom. The fourth-order valence-electron chi connectivity index (χ4n) is 1.86. The first-order chi connectivity index (χ1) is 8.06. The molecule has 0 bridgehead atoms. The summed E-state index contributed by atoms with van der Waals surface area (Å²) in [6.07, 6.45) is 3.11. The first-order valence-electron chi connectivity index (χ1n) is 5.79. The van der Waals surface area contributed by atoms with Crippen LogP contribution in [0, 0.1) is 0 Å². The van der Waals surface area contributed by atoms with Crippen LogP contribution in [0.5, 0.6) is 0 Å². The Balaban J connectivity index is 2.78. The van der Waals surface area contributed by atoms with Gasteiger partial charge in [-0.05, 0) is 26.7 Å². The van der Waals surface area contributed by atoms with Crippen LogP contribution < -0.4 is 0 Å². The van der Waals surface area contributed by atoms with Gasteiger partial charge in [-0.1, -0.05) is 6.08 Å². The Bertz CT molecular complexity index is 318. The molecule has 1 rings (SSSR count). The standard InChI is InChI=1S/C12H19NO4/c1-3-9(2)12(16)13(8-11(14)15)10-4-6-17-7-5-10/h3,10H,4-8H2,1-2H3,(H,14,15). The smallest absolute Gasteiger partial charge is 0.323 e. The number of rotatable bonds is 4. The van der Waals surface area contributed by atoms with Crippen LogP contribution in [-0.2, 0) is 14.3 Å². The van der Waals surface area contributed by atoms with Gasteiger partial charge < -0.3 is 14.7 Å². The number of hydrogen-bond acceptors (Lipinski definition) is 3. The van der Waals surface area contributed by atoms with Gasteiger partial charge in [0, 0.05) is 24.8 Å². The first kappa shape index (κ1) is 13.7. The lowest BCUT2D eigenvalue weighted by Crippen LogP contribution is -2.46. The number of carbonyl (C=O) groups excluding carboxylic acids is 1. The van der Waals surface area contributed by atoms with E-state index in [1.807, 2.05) is 0 Å². The van der Waals surface area contributed by atoms with E-state index in [1.165, 1.54) is 4.90 Å². The van der Waals surface area contributed by atoms with Gasteiger partial charge in [-0.15, -0.1) is 0 Å². The van der Waals surface area contributed by atoms with Gasteiger partial charge in [0.05, 0.1) is 0 Å². The number of carboxylic acid groups (broad SMARTS) is 1. The molecule has 1 fully saturated rings. The molecule has 0 aromatic heterocycles. The fraction of sp³-hybridized carbons (Fsp3) is 0.667. The normalized spacial score (nSPS) is 17.9. The third kappa shape index (κ3) is 3.85. The molecule has 0 aliphatic carbocycles. The number of ether oxygens (including phenoxy) is 1. The summed E-state index contributed by atoms with van der Waals surface area (Å²) < 4.78 is 5.22. The Kier molecular flexibility index (Phi) is 5.15. The van der Waals surface area contributed by atoms with Crippen LogP contribution in [0.2, 0.25) is 0 Å². The number of hydrogen-bond donors (Lipinski definition) is 1. The zero-order chi connectivity index (χ0) is 12.8. The summed E-state index contributed by atoms with van der Waals surface area (Å²) in [6, 6.07) is -0.0257. The Morgan fingerprint density at radius 1 is 1.41 bits per heavy atom. The highest BCUT2D eigenvalue weighted by molar-refractivity contribution is 5.94. The predicted molar refractivity (Wildman–Crippen MR) is 62.6 cm³/mol. The second kappa shape index (κ2) is 6.39. The second-order valence-corrected chi connectivity index (χ2v) is 4.14. The third-order valence-electron chi connectivity index (χ3n) is 2.97. The molecule has 5 nitrogen and oxygen atoms in total. The molecule has 0 aromatic rings. The van der Waals surface area contributed by atoms with Crippen molar-refractivity contribution in [3.05, 3.63) is 11.6 Å². The molecule has 1 N–H and O–H groups in total. The molecule has 1 aliphatic rings. The maximum atomic E-state index is 12.1. The van der Waals surface area contributed by atoms with Crippen molar-refractivity contribution in [1.82, 2.24) is 4.90 Å². The maximum Gasteiger partial charge on any atom is 0.323 e. The Labute approximate surface area is 101 Å². The lowest BCUT2D eigenvalue weighted by molar-refractivity contribution is -0.145. The highest BCUT2D eigenvalue weighted by Crippen LogP contribution is 2.16. The highest BCUT2D eigenvalue weighted by Gasteiger charge is 2.27. The van der Waals surface area contributed by atoms with Crippen molar-refractivity contribution in [2.45, 2.75) is 32.7 Å². The van der Waals surface area contributed by atoms with E-state index >= 15 is 0 Å². The van der Waals surface area contributed by atoms with Gasteiger partial charge in [0.2, 0.25) is 5.91 Å². The van der Waals surface area contributed by atoms with Gasteiger partial charge in [-0.25, -0.2) is 0 Å². The van der Waals surface area contributed by atoms with Crippen molar-refractivity contribution < 1.29 is 19.4 Å². The molecular formula is C12H19NO4. The van der Waals surface area contributed by atoms with E-state index in [0.29, 0.717) is 31.6 Å². The number of nitrogens with zero attached hydrogens (tertiary/aromatic N) is 1. The molecule has 0 saturated carbocycles. The monoisotopic (exact) mass is 241 g/mol. The number of allylic oxidation sites excluding steroid dienone is 1. The third-order valence-corrected chi connectivity index (χ3v) is 2.97. The summed E-state index contributed by atoms with van der Waals surface area (Å²) in [6.45, 7) is 4.41. The van der Waals surface area contributed by atoms with Crippen LogP contribution in [0.3, 0.4) is 0 Å². The van der Waals surface area contributed by atoms with Crippen molar-refractivity contribution in [3.8, 4) is 0 Å². The minimum Gasteiger partial charge on any atom is -0.480 e. The molecule has 1 heterocycles. The van der Waals surface area contributed by atoms with Crippen LogP contribution in [0.4, 0.5) is 0 Å². The molecule has 5 heteroatoms. The number of aliphatic carboxylic acids is 1. The van der Waals surface area contributed by atoms with E-state index in [9.17, 15) is 9.59 Å². The van der Waals surface area contributed by atoms with E-state index < -0.39 is 5.97 Å². The molecule has 1 aliphatic heterocycles.